The first-order chi connectivity index (χ1) is 8.91. The molecule has 1 aliphatic heterocycles. The van der Waals surface area contributed by atoms with E-state index in [9.17, 15) is 13.6 Å². The summed E-state index contributed by atoms with van der Waals surface area (Å²) in [4.78, 5) is 11.8. The molecule has 1 amide bonds. The number of anilines is 1. The van der Waals surface area contributed by atoms with E-state index in [2.05, 4.69) is 5.32 Å². The third-order valence-corrected chi connectivity index (χ3v) is 3.25. The number of hydrogen-bond acceptors (Lipinski definition) is 3. The Kier molecular flexibility index (Phi) is 3.71. The average Bonchev–Trinajstić information content (AvgIpc) is 2.78. The number of rotatable bonds is 3. The Labute approximate surface area is 109 Å². The maximum Gasteiger partial charge on any atom is 0.254 e. The van der Waals surface area contributed by atoms with Gasteiger partial charge in [-0.1, -0.05) is 0 Å². The van der Waals surface area contributed by atoms with Gasteiger partial charge in [0, 0.05) is 19.2 Å². The molecule has 0 spiro atoms. The van der Waals surface area contributed by atoms with E-state index in [1.54, 1.807) is 0 Å². The van der Waals surface area contributed by atoms with Crippen LogP contribution in [0.5, 0.6) is 0 Å². The zero-order valence-corrected chi connectivity index (χ0v) is 10.6. The van der Waals surface area contributed by atoms with Crippen molar-refractivity contribution in [3.05, 3.63) is 29.3 Å². The first-order valence-electron chi connectivity index (χ1n) is 6.08. The molecule has 3 N–H and O–H groups in total. The van der Waals surface area contributed by atoms with Crippen LogP contribution in [0.3, 0.4) is 0 Å². The van der Waals surface area contributed by atoms with E-state index in [0.29, 0.717) is 12.7 Å². The molecule has 0 aliphatic carbocycles. The summed E-state index contributed by atoms with van der Waals surface area (Å²) < 4.78 is 32.0. The number of carbonyl (C=O) groups is 1. The Bertz CT molecular complexity index is 500. The average molecular weight is 270 g/mol. The lowest BCUT2D eigenvalue weighted by Gasteiger charge is -2.23. The van der Waals surface area contributed by atoms with Gasteiger partial charge in [0.2, 0.25) is 0 Å². The molecule has 1 saturated heterocycles. The quantitative estimate of drug-likeness (QED) is 0.824. The van der Waals surface area contributed by atoms with Gasteiger partial charge in [-0.15, -0.1) is 0 Å². The summed E-state index contributed by atoms with van der Waals surface area (Å²) >= 11 is 0. The van der Waals surface area contributed by atoms with Crippen LogP contribution in [0.25, 0.3) is 0 Å². The SMILES string of the molecule is CC1(CNC(=O)c2cc(N)c(F)cc2F)CCCO1. The standard InChI is InChI=1S/C13H16F2N2O2/c1-13(3-2-4-19-13)7-17-12(18)8-5-11(16)10(15)6-9(8)14/h5-6H,2-4,7,16H2,1H3,(H,17,18). The molecule has 19 heavy (non-hydrogen) atoms. The zero-order chi connectivity index (χ0) is 14.0. The van der Waals surface area contributed by atoms with E-state index >= 15 is 0 Å². The first-order valence-corrected chi connectivity index (χ1v) is 6.08. The van der Waals surface area contributed by atoms with E-state index < -0.39 is 23.1 Å². The lowest BCUT2D eigenvalue weighted by Crippen LogP contribution is -2.40. The highest BCUT2D eigenvalue weighted by atomic mass is 19.1. The summed E-state index contributed by atoms with van der Waals surface area (Å²) in [7, 11) is 0. The molecule has 0 radical (unpaired) electrons. The molecule has 1 aliphatic rings. The normalized spacial score (nSPS) is 22.5. The van der Waals surface area contributed by atoms with Crippen LogP contribution in [0.1, 0.15) is 30.1 Å². The number of hydrogen-bond donors (Lipinski definition) is 2. The van der Waals surface area contributed by atoms with Crippen molar-refractivity contribution in [3.8, 4) is 0 Å². The lowest BCUT2D eigenvalue weighted by atomic mass is 10.0. The molecular formula is C13H16F2N2O2. The van der Waals surface area contributed by atoms with E-state index in [1.807, 2.05) is 6.92 Å². The van der Waals surface area contributed by atoms with E-state index in [0.717, 1.165) is 18.9 Å². The molecule has 0 saturated carbocycles. The summed E-state index contributed by atoms with van der Waals surface area (Å²) in [5, 5.41) is 2.59. The van der Waals surface area contributed by atoms with Gasteiger partial charge in [0.15, 0.2) is 0 Å². The maximum absolute atomic E-state index is 13.5. The first kappa shape index (κ1) is 13.7. The maximum atomic E-state index is 13.5. The van der Waals surface area contributed by atoms with Gasteiger partial charge in [-0.3, -0.25) is 4.79 Å². The van der Waals surface area contributed by atoms with Crippen molar-refractivity contribution in [2.75, 3.05) is 18.9 Å². The van der Waals surface area contributed by atoms with Crippen LogP contribution in [-0.2, 0) is 4.74 Å². The Hall–Kier alpha value is -1.69. The van der Waals surface area contributed by atoms with Crippen LogP contribution < -0.4 is 11.1 Å². The molecule has 104 valence electrons. The van der Waals surface area contributed by atoms with Crippen molar-refractivity contribution < 1.29 is 18.3 Å². The van der Waals surface area contributed by atoms with Crippen LogP contribution in [0, 0.1) is 11.6 Å². The van der Waals surface area contributed by atoms with Crippen LogP contribution in [-0.4, -0.2) is 24.7 Å². The van der Waals surface area contributed by atoms with Crippen LogP contribution in [0.4, 0.5) is 14.5 Å². The number of nitrogens with two attached hydrogens (primary N) is 1. The van der Waals surface area contributed by atoms with Gasteiger partial charge in [-0.2, -0.15) is 0 Å². The Balaban J connectivity index is 2.06. The fourth-order valence-corrected chi connectivity index (χ4v) is 2.08. The summed E-state index contributed by atoms with van der Waals surface area (Å²) in [5.74, 6) is -2.43. The highest BCUT2D eigenvalue weighted by Gasteiger charge is 2.30. The second-order valence-corrected chi connectivity index (χ2v) is 4.94. The lowest BCUT2D eigenvalue weighted by molar-refractivity contribution is 0.0205. The number of benzene rings is 1. The van der Waals surface area contributed by atoms with Gasteiger partial charge in [0.1, 0.15) is 11.6 Å². The van der Waals surface area contributed by atoms with Gasteiger partial charge < -0.3 is 15.8 Å². The minimum absolute atomic E-state index is 0.255. The van der Waals surface area contributed by atoms with E-state index in [1.165, 1.54) is 0 Å². The second-order valence-electron chi connectivity index (χ2n) is 4.94. The number of nitrogen functional groups attached to an aromatic ring is 1. The largest absolute Gasteiger partial charge is 0.396 e. The van der Waals surface area contributed by atoms with Gasteiger partial charge in [-0.05, 0) is 25.8 Å². The Morgan fingerprint density at radius 3 is 2.84 bits per heavy atom. The molecule has 1 aromatic carbocycles. The molecule has 0 bridgehead atoms. The smallest absolute Gasteiger partial charge is 0.254 e. The number of carbonyl (C=O) groups excluding carboxylic acids is 1. The second kappa shape index (κ2) is 5.13. The molecule has 1 fully saturated rings. The number of ether oxygens (including phenoxy) is 1. The van der Waals surface area contributed by atoms with E-state index in [4.69, 9.17) is 10.5 Å². The topological polar surface area (TPSA) is 64.4 Å². The van der Waals surface area contributed by atoms with Crippen LogP contribution in [0.2, 0.25) is 0 Å². The van der Waals surface area contributed by atoms with Gasteiger partial charge in [0.25, 0.3) is 5.91 Å². The van der Waals surface area contributed by atoms with Crippen molar-refractivity contribution in [3.63, 3.8) is 0 Å². The molecule has 2 rings (SSSR count). The summed E-state index contributed by atoms with van der Waals surface area (Å²) in [6.07, 6.45) is 1.77. The fraction of sp³-hybridized carbons (Fsp3) is 0.462. The van der Waals surface area contributed by atoms with Crippen LogP contribution >= 0.6 is 0 Å². The van der Waals surface area contributed by atoms with Crippen LogP contribution in [0.15, 0.2) is 12.1 Å². The molecular weight excluding hydrogens is 254 g/mol. The zero-order valence-electron chi connectivity index (χ0n) is 10.6. The summed E-state index contributed by atoms with van der Waals surface area (Å²) in [6, 6.07) is 1.61. The molecule has 1 heterocycles. The Morgan fingerprint density at radius 1 is 1.47 bits per heavy atom. The van der Waals surface area contributed by atoms with E-state index in [-0.39, 0.29) is 17.8 Å². The molecule has 1 unspecified atom stereocenters. The molecule has 1 aromatic rings. The number of nitrogens with one attached hydrogen (secondary N) is 1. The van der Waals surface area contributed by atoms with Crippen molar-refractivity contribution in [2.45, 2.75) is 25.4 Å². The minimum atomic E-state index is -0.929. The van der Waals surface area contributed by atoms with Crippen molar-refractivity contribution >= 4 is 11.6 Å². The third kappa shape index (κ3) is 3.01. The van der Waals surface area contributed by atoms with Gasteiger partial charge in [-0.25, -0.2) is 8.78 Å². The summed E-state index contributed by atoms with van der Waals surface area (Å²) in [6.45, 7) is 2.82. The summed E-state index contributed by atoms with van der Waals surface area (Å²) in [5.41, 5.74) is 4.39. The van der Waals surface area contributed by atoms with Crippen molar-refractivity contribution in [1.82, 2.24) is 5.32 Å². The predicted octanol–water partition coefficient (Wildman–Crippen LogP) is 1.85. The Morgan fingerprint density at radius 2 is 2.21 bits per heavy atom. The fourth-order valence-electron chi connectivity index (χ4n) is 2.08. The minimum Gasteiger partial charge on any atom is -0.396 e. The van der Waals surface area contributed by atoms with Crippen molar-refractivity contribution in [1.29, 1.82) is 0 Å². The van der Waals surface area contributed by atoms with Gasteiger partial charge >= 0.3 is 0 Å². The highest BCUT2D eigenvalue weighted by molar-refractivity contribution is 5.95. The highest BCUT2D eigenvalue weighted by Crippen LogP contribution is 2.24. The monoisotopic (exact) mass is 270 g/mol. The third-order valence-electron chi connectivity index (χ3n) is 3.25. The number of amides is 1. The number of halogens is 2. The molecule has 1 atom stereocenters. The molecule has 4 nitrogen and oxygen atoms in total. The molecule has 0 aromatic heterocycles. The van der Waals surface area contributed by atoms with Crippen molar-refractivity contribution in [2.24, 2.45) is 0 Å². The predicted molar refractivity (Wildman–Crippen MR) is 66.7 cm³/mol. The molecule has 6 heteroatoms. The van der Waals surface area contributed by atoms with Gasteiger partial charge in [0.05, 0.1) is 16.9 Å².